The van der Waals surface area contributed by atoms with Crippen molar-refractivity contribution in [3.8, 4) is 0 Å². The van der Waals surface area contributed by atoms with Crippen LogP contribution in [0.3, 0.4) is 0 Å². The largest absolute Gasteiger partial charge is 0.292 e. The van der Waals surface area contributed by atoms with Crippen molar-refractivity contribution in [1.29, 1.82) is 0 Å². The molecule has 14 heavy (non-hydrogen) atoms. The van der Waals surface area contributed by atoms with Gasteiger partial charge in [0.2, 0.25) is 0 Å². The van der Waals surface area contributed by atoms with E-state index in [0.29, 0.717) is 5.92 Å². The minimum Gasteiger partial charge on any atom is -0.292 e. The lowest BCUT2D eigenvalue weighted by molar-refractivity contribution is 0.609. The van der Waals surface area contributed by atoms with Gasteiger partial charge in [-0.2, -0.15) is 0 Å². The first-order valence-corrected chi connectivity index (χ1v) is 4.98. The molecule has 1 rings (SSSR count). The molecule has 0 aliphatic rings. The topological polar surface area (TPSA) is 12.4 Å². The van der Waals surface area contributed by atoms with Crippen molar-refractivity contribution in [3.63, 3.8) is 0 Å². The Morgan fingerprint density at radius 2 is 2.07 bits per heavy atom. The first-order valence-electron chi connectivity index (χ1n) is 4.98. The molecule has 0 spiro atoms. The number of aliphatic imine (C=N–C) groups is 1. The van der Waals surface area contributed by atoms with Gasteiger partial charge in [-0.15, -0.1) is 6.58 Å². The van der Waals surface area contributed by atoms with Crippen LogP contribution in [0, 0.1) is 5.92 Å². The Kier molecular flexibility index (Phi) is 4.70. The third-order valence-corrected chi connectivity index (χ3v) is 2.03. The quantitative estimate of drug-likeness (QED) is 0.495. The van der Waals surface area contributed by atoms with Crippen LogP contribution in [0.1, 0.15) is 18.9 Å². The van der Waals surface area contributed by atoms with Crippen LogP contribution in [0.25, 0.3) is 0 Å². The summed E-state index contributed by atoms with van der Waals surface area (Å²) in [4.78, 5) is 4.39. The lowest BCUT2D eigenvalue weighted by atomic mass is 10.1. The monoisotopic (exact) mass is 187 g/mol. The van der Waals surface area contributed by atoms with Gasteiger partial charge in [-0.25, -0.2) is 0 Å². The Morgan fingerprint density at radius 1 is 1.36 bits per heavy atom. The molecule has 0 bridgehead atoms. The summed E-state index contributed by atoms with van der Waals surface area (Å²) in [6.45, 7) is 6.78. The van der Waals surface area contributed by atoms with Gasteiger partial charge >= 0.3 is 0 Å². The summed E-state index contributed by atoms with van der Waals surface area (Å²) in [6.07, 6.45) is 4.91. The normalized spacial score (nSPS) is 12.9. The minimum absolute atomic E-state index is 0.590. The van der Waals surface area contributed by atoms with E-state index in [4.69, 9.17) is 0 Å². The highest BCUT2D eigenvalue weighted by atomic mass is 14.7. The van der Waals surface area contributed by atoms with Crippen molar-refractivity contribution >= 4 is 6.21 Å². The maximum atomic E-state index is 4.39. The Hall–Kier alpha value is -1.37. The Bertz CT molecular complexity index is 287. The first kappa shape index (κ1) is 10.7. The van der Waals surface area contributed by atoms with Crippen LogP contribution in [0.2, 0.25) is 0 Å². The summed E-state index contributed by atoms with van der Waals surface area (Å²) >= 11 is 0. The van der Waals surface area contributed by atoms with E-state index in [-0.39, 0.29) is 0 Å². The molecule has 0 heterocycles. The molecule has 0 amide bonds. The summed E-state index contributed by atoms with van der Waals surface area (Å²) in [7, 11) is 0. The van der Waals surface area contributed by atoms with E-state index >= 15 is 0 Å². The first-order chi connectivity index (χ1) is 6.83. The van der Waals surface area contributed by atoms with Crippen LogP contribution in [0.4, 0.5) is 0 Å². The average molecular weight is 187 g/mol. The molecule has 0 fully saturated rings. The Morgan fingerprint density at radius 3 is 2.71 bits per heavy atom. The highest BCUT2D eigenvalue weighted by Gasteiger charge is 1.95. The van der Waals surface area contributed by atoms with Crippen molar-refractivity contribution < 1.29 is 0 Å². The molecule has 0 saturated heterocycles. The van der Waals surface area contributed by atoms with E-state index in [1.54, 1.807) is 0 Å². The number of allylic oxidation sites excluding steroid dienone is 1. The van der Waals surface area contributed by atoms with Crippen molar-refractivity contribution in [2.45, 2.75) is 13.3 Å². The highest BCUT2D eigenvalue weighted by molar-refractivity contribution is 5.79. The van der Waals surface area contributed by atoms with Gasteiger partial charge in [0.15, 0.2) is 0 Å². The zero-order valence-corrected chi connectivity index (χ0v) is 8.69. The van der Waals surface area contributed by atoms with Gasteiger partial charge in [-0.1, -0.05) is 43.3 Å². The number of benzene rings is 1. The molecule has 0 aliphatic heterocycles. The summed E-state index contributed by atoms with van der Waals surface area (Å²) < 4.78 is 0. The van der Waals surface area contributed by atoms with Crippen LogP contribution in [0.5, 0.6) is 0 Å². The molecule has 0 saturated carbocycles. The smallest absolute Gasteiger partial charge is 0.0418 e. The summed E-state index contributed by atoms with van der Waals surface area (Å²) in [5.74, 6) is 0.590. The standard InChI is InChI=1S/C13H17N/c1-3-7-12(2)10-14-11-13-8-5-4-6-9-13/h3-6,8-9,11-12H,1,7,10H2,2H3. The Balaban J connectivity index is 2.37. The van der Waals surface area contributed by atoms with Crippen LogP contribution >= 0.6 is 0 Å². The van der Waals surface area contributed by atoms with Gasteiger partial charge in [0.1, 0.15) is 0 Å². The molecule has 1 atom stereocenters. The molecule has 1 nitrogen and oxygen atoms in total. The number of hydrogen-bond donors (Lipinski definition) is 0. The average Bonchev–Trinajstić information content (AvgIpc) is 2.20. The zero-order valence-electron chi connectivity index (χ0n) is 8.69. The molecule has 74 valence electrons. The lowest BCUT2D eigenvalue weighted by Gasteiger charge is -2.02. The second kappa shape index (κ2) is 6.14. The fraction of sp³-hybridized carbons (Fsp3) is 0.308. The Labute approximate surface area is 86.2 Å². The molecule has 1 unspecified atom stereocenters. The zero-order chi connectivity index (χ0) is 10.2. The third-order valence-electron chi connectivity index (χ3n) is 2.03. The van der Waals surface area contributed by atoms with E-state index in [9.17, 15) is 0 Å². The van der Waals surface area contributed by atoms with Gasteiger partial charge < -0.3 is 0 Å². The summed E-state index contributed by atoms with van der Waals surface area (Å²) in [5.41, 5.74) is 1.17. The van der Waals surface area contributed by atoms with E-state index in [2.05, 4.69) is 30.6 Å². The lowest BCUT2D eigenvalue weighted by Crippen LogP contribution is -1.97. The maximum Gasteiger partial charge on any atom is 0.0418 e. The predicted molar refractivity (Wildman–Crippen MR) is 62.9 cm³/mol. The molecular formula is C13H17N. The van der Waals surface area contributed by atoms with E-state index < -0.39 is 0 Å². The summed E-state index contributed by atoms with van der Waals surface area (Å²) in [5, 5.41) is 0. The summed E-state index contributed by atoms with van der Waals surface area (Å²) in [6, 6.07) is 10.2. The third kappa shape index (κ3) is 4.04. The van der Waals surface area contributed by atoms with Gasteiger partial charge in [0.25, 0.3) is 0 Å². The van der Waals surface area contributed by atoms with Crippen molar-refractivity contribution in [2.75, 3.05) is 6.54 Å². The van der Waals surface area contributed by atoms with Crippen LogP contribution in [-0.2, 0) is 0 Å². The second-order valence-corrected chi connectivity index (χ2v) is 3.53. The SMILES string of the molecule is C=CCC(C)CN=Cc1ccccc1. The number of nitrogens with zero attached hydrogens (tertiary/aromatic N) is 1. The van der Waals surface area contributed by atoms with Gasteiger partial charge in [-0.05, 0) is 17.9 Å². The minimum atomic E-state index is 0.590. The van der Waals surface area contributed by atoms with E-state index in [1.807, 2.05) is 30.5 Å². The fourth-order valence-corrected chi connectivity index (χ4v) is 1.24. The van der Waals surface area contributed by atoms with Crippen molar-refractivity contribution in [2.24, 2.45) is 10.9 Å². The predicted octanol–water partition coefficient (Wildman–Crippen LogP) is 3.32. The molecular weight excluding hydrogens is 170 g/mol. The molecule has 0 N–H and O–H groups in total. The highest BCUT2D eigenvalue weighted by Crippen LogP contribution is 2.02. The van der Waals surface area contributed by atoms with E-state index in [0.717, 1.165) is 13.0 Å². The second-order valence-electron chi connectivity index (χ2n) is 3.53. The molecule has 0 radical (unpaired) electrons. The number of hydrogen-bond acceptors (Lipinski definition) is 1. The molecule has 0 aliphatic carbocycles. The number of rotatable bonds is 5. The van der Waals surface area contributed by atoms with Gasteiger partial charge in [0.05, 0.1) is 0 Å². The molecule has 1 aromatic rings. The van der Waals surface area contributed by atoms with Crippen molar-refractivity contribution in [1.82, 2.24) is 0 Å². The fourth-order valence-electron chi connectivity index (χ4n) is 1.24. The molecule has 1 heteroatoms. The molecule has 0 aromatic heterocycles. The van der Waals surface area contributed by atoms with Crippen LogP contribution in [-0.4, -0.2) is 12.8 Å². The maximum absolute atomic E-state index is 4.39. The van der Waals surface area contributed by atoms with Gasteiger partial charge in [0, 0.05) is 12.8 Å². The van der Waals surface area contributed by atoms with Gasteiger partial charge in [-0.3, -0.25) is 4.99 Å². The van der Waals surface area contributed by atoms with Crippen LogP contribution < -0.4 is 0 Å². The van der Waals surface area contributed by atoms with E-state index in [1.165, 1.54) is 5.56 Å². The molecule has 1 aromatic carbocycles. The van der Waals surface area contributed by atoms with Crippen molar-refractivity contribution in [3.05, 3.63) is 48.6 Å². The van der Waals surface area contributed by atoms with Crippen LogP contribution in [0.15, 0.2) is 48.0 Å².